The van der Waals surface area contributed by atoms with Gasteiger partial charge >= 0.3 is 0 Å². The molecule has 0 aliphatic carbocycles. The average Bonchev–Trinajstić information content (AvgIpc) is 2.99. The molecule has 0 spiro atoms. The van der Waals surface area contributed by atoms with E-state index >= 15 is 0 Å². The molecule has 2 aromatic rings. The normalized spacial score (nSPS) is 11.8. The third-order valence-electron chi connectivity index (χ3n) is 3.93. The number of halogens is 1. The summed E-state index contributed by atoms with van der Waals surface area (Å²) in [6.45, 7) is 9.77. The third kappa shape index (κ3) is 6.02. The molecule has 0 atom stereocenters. The summed E-state index contributed by atoms with van der Waals surface area (Å²) in [4.78, 5) is 10.8. The highest BCUT2D eigenvalue weighted by Gasteiger charge is 2.19. The van der Waals surface area contributed by atoms with Crippen LogP contribution in [-0.4, -0.2) is 29.9 Å². The van der Waals surface area contributed by atoms with E-state index in [4.69, 9.17) is 4.42 Å². The molecule has 0 aliphatic heterocycles. The number of benzene rings is 1. The Morgan fingerprint density at radius 2 is 1.96 bits per heavy atom. The van der Waals surface area contributed by atoms with Gasteiger partial charge in [0.1, 0.15) is 5.76 Å². The average molecular weight is 456 g/mol. The number of rotatable bonds is 4. The van der Waals surface area contributed by atoms with E-state index in [1.54, 1.807) is 13.2 Å². The largest absolute Gasteiger partial charge is 0.443 e. The number of nitrogens with one attached hydrogen (secondary N) is 1. The van der Waals surface area contributed by atoms with Crippen molar-refractivity contribution in [1.29, 1.82) is 0 Å². The van der Waals surface area contributed by atoms with Crippen molar-refractivity contribution in [3.8, 4) is 0 Å². The van der Waals surface area contributed by atoms with E-state index in [1.807, 2.05) is 7.05 Å². The first-order valence-electron chi connectivity index (χ1n) is 8.22. The summed E-state index contributed by atoms with van der Waals surface area (Å²) in [6, 6.07) is 8.39. The molecule has 138 valence electrons. The highest BCUT2D eigenvalue weighted by molar-refractivity contribution is 14.0. The molecule has 0 bridgehead atoms. The van der Waals surface area contributed by atoms with Crippen LogP contribution in [0.5, 0.6) is 0 Å². The monoisotopic (exact) mass is 456 g/mol. The van der Waals surface area contributed by atoms with E-state index in [-0.39, 0.29) is 29.4 Å². The smallest absolute Gasteiger partial charge is 0.213 e. The molecule has 0 radical (unpaired) electrons. The molecule has 2 rings (SSSR count). The Labute approximate surface area is 168 Å². The van der Waals surface area contributed by atoms with Crippen LogP contribution in [0.3, 0.4) is 0 Å². The summed E-state index contributed by atoms with van der Waals surface area (Å²) in [6.07, 6.45) is 1.80. The molecule has 0 amide bonds. The van der Waals surface area contributed by atoms with Crippen LogP contribution in [0, 0.1) is 6.92 Å². The summed E-state index contributed by atoms with van der Waals surface area (Å²) in [5.41, 5.74) is 2.53. The maximum Gasteiger partial charge on any atom is 0.213 e. The second kappa shape index (κ2) is 9.22. The molecular weight excluding hydrogens is 427 g/mol. The minimum absolute atomic E-state index is 0. The highest BCUT2D eigenvalue weighted by atomic mass is 127. The van der Waals surface area contributed by atoms with Crippen LogP contribution in [0.4, 0.5) is 0 Å². The van der Waals surface area contributed by atoms with Gasteiger partial charge in [0.25, 0.3) is 0 Å². The summed E-state index contributed by atoms with van der Waals surface area (Å²) in [5, 5.41) is 3.31. The zero-order valence-electron chi connectivity index (χ0n) is 16.0. The quantitative estimate of drug-likeness (QED) is 0.428. The summed E-state index contributed by atoms with van der Waals surface area (Å²) < 4.78 is 5.81. The molecule has 25 heavy (non-hydrogen) atoms. The van der Waals surface area contributed by atoms with Crippen LogP contribution >= 0.6 is 24.0 Å². The van der Waals surface area contributed by atoms with Crippen molar-refractivity contribution in [2.75, 3.05) is 14.1 Å². The Bertz CT molecular complexity index is 703. The van der Waals surface area contributed by atoms with Crippen LogP contribution < -0.4 is 5.32 Å². The number of aromatic nitrogens is 1. The lowest BCUT2D eigenvalue weighted by molar-refractivity contribution is 0.376. The lowest BCUT2D eigenvalue weighted by Crippen LogP contribution is -2.38. The standard InChI is InChI=1S/C19H28N4O.HI/c1-14-9-7-8-10-15(14)13-23(6)18(20-5)22-12-17-21-11-16(24-17)19(2,3)4;/h7-11H,12-13H2,1-6H3,(H,20,22);1H. The first-order valence-corrected chi connectivity index (χ1v) is 8.22. The van der Waals surface area contributed by atoms with Gasteiger partial charge in [0, 0.05) is 26.1 Å². The Morgan fingerprint density at radius 1 is 1.28 bits per heavy atom. The molecule has 1 heterocycles. The molecule has 5 nitrogen and oxygen atoms in total. The molecule has 0 fully saturated rings. The van der Waals surface area contributed by atoms with Crippen LogP contribution in [-0.2, 0) is 18.5 Å². The predicted octanol–water partition coefficient (Wildman–Crippen LogP) is 4.11. The zero-order valence-corrected chi connectivity index (χ0v) is 18.3. The lowest BCUT2D eigenvalue weighted by Gasteiger charge is -2.22. The Kier molecular flexibility index (Phi) is 7.92. The van der Waals surface area contributed by atoms with Gasteiger partial charge in [-0.05, 0) is 18.1 Å². The zero-order chi connectivity index (χ0) is 17.7. The van der Waals surface area contributed by atoms with E-state index in [0.717, 1.165) is 18.3 Å². The van der Waals surface area contributed by atoms with Crippen molar-refractivity contribution < 1.29 is 4.42 Å². The summed E-state index contributed by atoms with van der Waals surface area (Å²) in [7, 11) is 3.81. The van der Waals surface area contributed by atoms with Crippen molar-refractivity contribution in [2.24, 2.45) is 4.99 Å². The molecule has 1 aromatic heterocycles. The minimum atomic E-state index is -0.0332. The van der Waals surface area contributed by atoms with Gasteiger partial charge in [0.2, 0.25) is 5.89 Å². The van der Waals surface area contributed by atoms with Gasteiger partial charge in [0.15, 0.2) is 5.96 Å². The van der Waals surface area contributed by atoms with E-state index in [9.17, 15) is 0 Å². The van der Waals surface area contributed by atoms with Gasteiger partial charge in [-0.15, -0.1) is 24.0 Å². The molecular formula is C19H29IN4O. The van der Waals surface area contributed by atoms with Gasteiger partial charge < -0.3 is 14.6 Å². The third-order valence-corrected chi connectivity index (χ3v) is 3.93. The fraction of sp³-hybridized carbons (Fsp3) is 0.474. The first kappa shape index (κ1) is 21.5. The number of hydrogen-bond donors (Lipinski definition) is 1. The Morgan fingerprint density at radius 3 is 2.52 bits per heavy atom. The maximum absolute atomic E-state index is 5.81. The Balaban J connectivity index is 0.00000312. The van der Waals surface area contributed by atoms with Crippen LogP contribution in [0.25, 0.3) is 0 Å². The molecule has 1 aromatic carbocycles. The maximum atomic E-state index is 5.81. The van der Waals surface area contributed by atoms with Gasteiger partial charge in [-0.3, -0.25) is 4.99 Å². The van der Waals surface area contributed by atoms with E-state index in [2.05, 4.69) is 72.2 Å². The van der Waals surface area contributed by atoms with Crippen molar-refractivity contribution in [1.82, 2.24) is 15.2 Å². The molecule has 0 saturated heterocycles. The predicted molar refractivity (Wildman–Crippen MR) is 113 cm³/mol. The van der Waals surface area contributed by atoms with Crippen molar-refractivity contribution in [3.05, 3.63) is 53.2 Å². The summed E-state index contributed by atoms with van der Waals surface area (Å²) in [5.74, 6) is 2.38. The van der Waals surface area contributed by atoms with Gasteiger partial charge in [-0.1, -0.05) is 45.0 Å². The van der Waals surface area contributed by atoms with Crippen molar-refractivity contribution in [2.45, 2.75) is 46.2 Å². The molecule has 0 aliphatic rings. The first-order chi connectivity index (χ1) is 11.3. The van der Waals surface area contributed by atoms with Crippen LogP contribution in [0.15, 0.2) is 39.9 Å². The number of nitrogens with zero attached hydrogens (tertiary/aromatic N) is 3. The summed E-state index contributed by atoms with van der Waals surface area (Å²) >= 11 is 0. The second-order valence-electron chi connectivity index (χ2n) is 7.05. The molecule has 1 N–H and O–H groups in total. The minimum Gasteiger partial charge on any atom is -0.443 e. The van der Waals surface area contributed by atoms with Crippen molar-refractivity contribution in [3.63, 3.8) is 0 Å². The molecule has 0 saturated carbocycles. The number of aryl methyl sites for hydroxylation is 1. The van der Waals surface area contributed by atoms with Gasteiger partial charge in [0.05, 0.1) is 12.7 Å². The molecule has 6 heteroatoms. The number of oxazole rings is 1. The van der Waals surface area contributed by atoms with Gasteiger partial charge in [-0.2, -0.15) is 0 Å². The second-order valence-corrected chi connectivity index (χ2v) is 7.05. The number of hydrogen-bond acceptors (Lipinski definition) is 3. The fourth-order valence-electron chi connectivity index (χ4n) is 2.40. The number of aliphatic imine (C=N–C) groups is 1. The topological polar surface area (TPSA) is 53.7 Å². The van der Waals surface area contributed by atoms with E-state index in [0.29, 0.717) is 12.4 Å². The number of guanidine groups is 1. The highest BCUT2D eigenvalue weighted by Crippen LogP contribution is 2.22. The SMILES string of the molecule is CN=C(NCc1ncc(C(C)(C)C)o1)N(C)Cc1ccccc1C.I. The van der Waals surface area contributed by atoms with Crippen LogP contribution in [0.2, 0.25) is 0 Å². The Hall–Kier alpha value is -1.57. The molecule has 0 unspecified atom stereocenters. The van der Waals surface area contributed by atoms with Gasteiger partial charge in [-0.25, -0.2) is 4.98 Å². The van der Waals surface area contributed by atoms with Crippen molar-refractivity contribution >= 4 is 29.9 Å². The lowest BCUT2D eigenvalue weighted by atomic mass is 9.94. The van der Waals surface area contributed by atoms with E-state index in [1.165, 1.54) is 11.1 Å². The fourth-order valence-corrected chi connectivity index (χ4v) is 2.40. The van der Waals surface area contributed by atoms with E-state index < -0.39 is 0 Å². The van der Waals surface area contributed by atoms with Crippen LogP contribution in [0.1, 0.15) is 43.5 Å².